The van der Waals surface area contributed by atoms with Crippen LogP contribution in [0.1, 0.15) is 60.8 Å². The normalized spacial score (nSPS) is 17.6. The molecular formula is C17H40P2. The van der Waals surface area contributed by atoms with Crippen molar-refractivity contribution in [2.45, 2.75) is 72.1 Å². The van der Waals surface area contributed by atoms with Gasteiger partial charge in [0.05, 0.1) is 0 Å². The third kappa shape index (κ3) is 8.02. The first-order chi connectivity index (χ1) is 8.74. The summed E-state index contributed by atoms with van der Waals surface area (Å²) in [6.07, 6.45) is 7.23. The van der Waals surface area contributed by atoms with Crippen molar-refractivity contribution in [3.8, 4) is 0 Å². The van der Waals surface area contributed by atoms with E-state index in [-0.39, 0.29) is 0 Å². The van der Waals surface area contributed by atoms with E-state index in [1.54, 1.807) is 0 Å². The van der Waals surface area contributed by atoms with Crippen LogP contribution in [0.25, 0.3) is 0 Å². The zero-order chi connectivity index (χ0) is 15.1. The van der Waals surface area contributed by atoms with Gasteiger partial charge in [0.25, 0.3) is 0 Å². The first-order valence-corrected chi connectivity index (χ1v) is 13.0. The Labute approximate surface area is 126 Å². The molecule has 3 atom stereocenters. The fraction of sp³-hybridized carbons (Fsp3) is 1.00. The second kappa shape index (κ2) is 9.73. The van der Waals surface area contributed by atoms with Gasteiger partial charge in [0, 0.05) is 0 Å². The Morgan fingerprint density at radius 3 is 1.95 bits per heavy atom. The SMILES string of the molecule is CCCC(CC(C)C)PCC(C(C)C)[PH](C)(C)CC. The molecule has 2 heteroatoms. The van der Waals surface area contributed by atoms with E-state index < -0.39 is 7.26 Å². The van der Waals surface area contributed by atoms with Crippen molar-refractivity contribution in [3.63, 3.8) is 0 Å². The van der Waals surface area contributed by atoms with Crippen molar-refractivity contribution >= 4 is 15.8 Å². The minimum atomic E-state index is -0.993. The van der Waals surface area contributed by atoms with Gasteiger partial charge in [-0.25, -0.2) is 0 Å². The predicted molar refractivity (Wildman–Crippen MR) is 101 cm³/mol. The molecule has 3 unspecified atom stereocenters. The van der Waals surface area contributed by atoms with Gasteiger partial charge < -0.3 is 0 Å². The van der Waals surface area contributed by atoms with Crippen LogP contribution in [0.3, 0.4) is 0 Å². The van der Waals surface area contributed by atoms with E-state index in [1.807, 2.05) is 0 Å². The molecule has 0 amide bonds. The minimum absolute atomic E-state index is 0.873. The Kier molecular flexibility index (Phi) is 10.2. The van der Waals surface area contributed by atoms with Gasteiger partial charge in [-0.05, 0) is 0 Å². The van der Waals surface area contributed by atoms with Crippen LogP contribution in [0.2, 0.25) is 0 Å². The number of rotatable bonds is 10. The summed E-state index contributed by atoms with van der Waals surface area (Å²) in [5.41, 5.74) is 2.04. The van der Waals surface area contributed by atoms with Crippen molar-refractivity contribution in [3.05, 3.63) is 0 Å². The van der Waals surface area contributed by atoms with Gasteiger partial charge in [-0.3, -0.25) is 0 Å². The summed E-state index contributed by atoms with van der Waals surface area (Å²) >= 11 is 0. The number of hydrogen-bond donors (Lipinski definition) is 0. The van der Waals surface area contributed by atoms with Gasteiger partial charge in [0.1, 0.15) is 0 Å². The maximum atomic E-state index is 2.61. The van der Waals surface area contributed by atoms with Gasteiger partial charge in [-0.2, -0.15) is 0 Å². The molecule has 19 heavy (non-hydrogen) atoms. The van der Waals surface area contributed by atoms with E-state index in [1.165, 1.54) is 40.2 Å². The van der Waals surface area contributed by atoms with Crippen LogP contribution in [-0.4, -0.2) is 37.0 Å². The van der Waals surface area contributed by atoms with Crippen LogP contribution in [0.5, 0.6) is 0 Å². The van der Waals surface area contributed by atoms with Crippen molar-refractivity contribution in [1.82, 2.24) is 0 Å². The third-order valence-corrected chi connectivity index (χ3v) is 11.6. The van der Waals surface area contributed by atoms with Crippen molar-refractivity contribution < 1.29 is 0 Å². The quantitative estimate of drug-likeness (QED) is 0.439. The predicted octanol–water partition coefficient (Wildman–Crippen LogP) is 5.93. The molecule has 0 bridgehead atoms. The summed E-state index contributed by atoms with van der Waals surface area (Å²) < 4.78 is 0. The molecule has 0 saturated heterocycles. The van der Waals surface area contributed by atoms with Crippen LogP contribution in [-0.2, 0) is 0 Å². The first kappa shape index (κ1) is 19.9. The summed E-state index contributed by atoms with van der Waals surface area (Å²) in [4.78, 5) is 0. The van der Waals surface area contributed by atoms with Crippen LogP contribution in [0.15, 0.2) is 0 Å². The van der Waals surface area contributed by atoms with E-state index in [9.17, 15) is 0 Å². The molecule has 0 aliphatic heterocycles. The molecule has 0 rings (SSSR count). The van der Waals surface area contributed by atoms with E-state index in [2.05, 4.69) is 54.9 Å². The Balaban J connectivity index is 4.50. The Bertz CT molecular complexity index is 221. The molecule has 0 aliphatic carbocycles. The fourth-order valence-electron chi connectivity index (χ4n) is 3.19. The van der Waals surface area contributed by atoms with Crippen molar-refractivity contribution in [2.75, 3.05) is 25.7 Å². The van der Waals surface area contributed by atoms with Gasteiger partial charge in [-0.15, -0.1) is 0 Å². The summed E-state index contributed by atoms with van der Waals surface area (Å²) in [5.74, 6) is 1.76. The zero-order valence-electron chi connectivity index (χ0n) is 14.8. The molecule has 0 aromatic heterocycles. The van der Waals surface area contributed by atoms with Crippen LogP contribution < -0.4 is 0 Å². The monoisotopic (exact) mass is 306 g/mol. The average Bonchev–Trinajstić information content (AvgIpc) is 2.27. The molecule has 0 radical (unpaired) electrons. The van der Waals surface area contributed by atoms with E-state index >= 15 is 0 Å². The molecule has 0 fully saturated rings. The standard InChI is InChI=1S/C17H40P2/c1-9-11-16(12-14(3)4)18-13-17(15(5)6)19(7,8)10-2/h14-19H,9-13H2,1-8H3. The maximum absolute atomic E-state index is 2.61. The zero-order valence-corrected chi connectivity index (χ0v) is 16.8. The second-order valence-electron chi connectivity index (χ2n) is 7.72. The van der Waals surface area contributed by atoms with Crippen LogP contribution in [0, 0.1) is 11.8 Å². The average molecular weight is 306 g/mol. The van der Waals surface area contributed by atoms with Crippen molar-refractivity contribution in [1.29, 1.82) is 0 Å². The summed E-state index contributed by atoms with van der Waals surface area (Å²) in [6.45, 7) is 19.7. The molecule has 0 aliphatic rings. The van der Waals surface area contributed by atoms with Gasteiger partial charge in [0.2, 0.25) is 0 Å². The Hall–Kier alpha value is 0.860. The third-order valence-electron chi connectivity index (χ3n) is 4.74. The van der Waals surface area contributed by atoms with E-state index in [0.717, 1.165) is 23.2 Å². The molecule has 0 aromatic rings. The van der Waals surface area contributed by atoms with Crippen molar-refractivity contribution in [2.24, 2.45) is 11.8 Å². The molecule has 0 N–H and O–H groups in total. The van der Waals surface area contributed by atoms with Crippen LogP contribution in [0.4, 0.5) is 0 Å². The molecule has 0 aromatic carbocycles. The van der Waals surface area contributed by atoms with Gasteiger partial charge in [0.15, 0.2) is 0 Å². The molecule has 0 heterocycles. The molecule has 0 nitrogen and oxygen atoms in total. The fourth-order valence-corrected chi connectivity index (χ4v) is 10.3. The molecule has 0 spiro atoms. The van der Waals surface area contributed by atoms with Crippen LogP contribution >= 0.6 is 15.8 Å². The summed E-state index contributed by atoms with van der Waals surface area (Å²) in [7, 11) is 0.215. The van der Waals surface area contributed by atoms with Gasteiger partial charge in [-0.1, -0.05) is 0 Å². The van der Waals surface area contributed by atoms with E-state index in [4.69, 9.17) is 0 Å². The summed E-state index contributed by atoms with van der Waals surface area (Å²) in [6, 6.07) is 0. The number of hydrogen-bond acceptors (Lipinski definition) is 0. The Morgan fingerprint density at radius 1 is 1.00 bits per heavy atom. The summed E-state index contributed by atoms with van der Waals surface area (Å²) in [5, 5.41) is 0. The molecular weight excluding hydrogens is 266 g/mol. The van der Waals surface area contributed by atoms with E-state index in [0.29, 0.717) is 0 Å². The second-order valence-corrected chi connectivity index (χ2v) is 14.8. The molecule has 118 valence electrons. The van der Waals surface area contributed by atoms with Gasteiger partial charge >= 0.3 is 125 Å². The Morgan fingerprint density at radius 2 is 1.58 bits per heavy atom. The topological polar surface area (TPSA) is 0 Å². The molecule has 0 saturated carbocycles. The first-order valence-electron chi connectivity index (χ1n) is 8.47.